The van der Waals surface area contributed by atoms with Crippen molar-refractivity contribution in [3.05, 3.63) is 40.2 Å². The standard InChI is InChI=1S/C22H33N3O4/c1-5-25(6-2)12-8-9-16(4)23-15-17-13-21(26)29-20-14-18(10-11-19(17)20)24-22(27)28-7-3/h10-11,13-14,16,23H,5-9,12,15H2,1-4H3,(H,24,27)/p+2/t16-/m0/s1. The molecule has 1 amide bonds. The van der Waals surface area contributed by atoms with Crippen LogP contribution in [0.1, 0.15) is 46.1 Å². The summed E-state index contributed by atoms with van der Waals surface area (Å²) in [7, 11) is 0. The monoisotopic (exact) mass is 405 g/mol. The van der Waals surface area contributed by atoms with Crippen LogP contribution < -0.4 is 21.2 Å². The van der Waals surface area contributed by atoms with E-state index < -0.39 is 6.09 Å². The Balaban J connectivity index is 2.01. The Morgan fingerprint density at radius 1 is 1.24 bits per heavy atom. The molecule has 1 aromatic carbocycles. The van der Waals surface area contributed by atoms with Crippen LogP contribution in [0.25, 0.3) is 11.0 Å². The summed E-state index contributed by atoms with van der Waals surface area (Å²) in [5.74, 6) is 0. The maximum absolute atomic E-state index is 12.0. The lowest BCUT2D eigenvalue weighted by Gasteiger charge is -2.16. The van der Waals surface area contributed by atoms with Crippen LogP contribution in [0, 0.1) is 0 Å². The van der Waals surface area contributed by atoms with Gasteiger partial charge in [0.25, 0.3) is 0 Å². The van der Waals surface area contributed by atoms with Gasteiger partial charge in [0.1, 0.15) is 12.1 Å². The van der Waals surface area contributed by atoms with Crippen molar-refractivity contribution in [1.29, 1.82) is 0 Å². The Morgan fingerprint density at radius 3 is 2.69 bits per heavy atom. The third kappa shape index (κ3) is 7.18. The van der Waals surface area contributed by atoms with E-state index >= 15 is 0 Å². The number of nitrogens with two attached hydrogens (primary N) is 1. The largest absolute Gasteiger partial charge is 0.450 e. The predicted molar refractivity (Wildman–Crippen MR) is 114 cm³/mol. The Hall–Kier alpha value is -2.38. The number of fused-ring (bicyclic) bond motifs is 1. The lowest BCUT2D eigenvalue weighted by molar-refractivity contribution is -0.896. The summed E-state index contributed by atoms with van der Waals surface area (Å²) in [5, 5.41) is 5.79. The highest BCUT2D eigenvalue weighted by atomic mass is 16.5. The Bertz CT molecular complexity index is 846. The molecule has 29 heavy (non-hydrogen) atoms. The first-order chi connectivity index (χ1) is 14.0. The first-order valence-corrected chi connectivity index (χ1v) is 10.6. The Kier molecular flexibility index (Phi) is 9.15. The van der Waals surface area contributed by atoms with Crippen LogP contribution in [0.4, 0.5) is 10.5 Å². The summed E-state index contributed by atoms with van der Waals surface area (Å²) in [4.78, 5) is 25.2. The maximum atomic E-state index is 12.0. The average Bonchev–Trinajstić information content (AvgIpc) is 2.69. The van der Waals surface area contributed by atoms with E-state index in [9.17, 15) is 9.59 Å². The number of ether oxygens (including phenoxy) is 1. The molecule has 2 aromatic rings. The molecule has 0 fully saturated rings. The molecule has 0 bridgehead atoms. The molecule has 0 aliphatic rings. The van der Waals surface area contributed by atoms with Gasteiger partial charge in [-0.2, -0.15) is 0 Å². The third-order valence-corrected chi connectivity index (χ3v) is 5.28. The summed E-state index contributed by atoms with van der Waals surface area (Å²) in [6.07, 6.45) is 1.82. The van der Waals surface area contributed by atoms with Gasteiger partial charge >= 0.3 is 11.7 Å². The molecule has 7 nitrogen and oxygen atoms in total. The minimum absolute atomic E-state index is 0.295. The smallest absolute Gasteiger partial charge is 0.411 e. The van der Waals surface area contributed by atoms with Crippen LogP contribution in [-0.2, 0) is 11.3 Å². The zero-order valence-corrected chi connectivity index (χ0v) is 18.0. The van der Waals surface area contributed by atoms with E-state index in [0.717, 1.165) is 17.4 Å². The first kappa shape index (κ1) is 22.9. The number of hydrogen-bond acceptors (Lipinski definition) is 4. The predicted octanol–water partition coefficient (Wildman–Crippen LogP) is 1.52. The van der Waals surface area contributed by atoms with Gasteiger partial charge in [0.05, 0.1) is 32.3 Å². The van der Waals surface area contributed by atoms with Crippen molar-refractivity contribution in [3.8, 4) is 0 Å². The topological polar surface area (TPSA) is 89.6 Å². The van der Waals surface area contributed by atoms with E-state index in [1.165, 1.54) is 26.1 Å². The van der Waals surface area contributed by atoms with Crippen molar-refractivity contribution in [2.75, 3.05) is 31.6 Å². The van der Waals surface area contributed by atoms with Crippen molar-refractivity contribution in [3.63, 3.8) is 0 Å². The molecule has 1 atom stereocenters. The molecule has 0 saturated heterocycles. The second-order valence-corrected chi connectivity index (χ2v) is 7.41. The second kappa shape index (κ2) is 11.6. The van der Waals surface area contributed by atoms with Crippen LogP contribution >= 0.6 is 0 Å². The van der Waals surface area contributed by atoms with Crippen molar-refractivity contribution in [2.24, 2.45) is 0 Å². The van der Waals surface area contributed by atoms with Crippen molar-refractivity contribution >= 4 is 22.7 Å². The van der Waals surface area contributed by atoms with Gasteiger partial charge in [-0.05, 0) is 39.8 Å². The molecule has 1 heterocycles. The molecule has 2 rings (SSSR count). The van der Waals surface area contributed by atoms with Crippen LogP contribution in [0.15, 0.2) is 33.5 Å². The van der Waals surface area contributed by atoms with Gasteiger partial charge in [-0.25, -0.2) is 9.59 Å². The van der Waals surface area contributed by atoms with Gasteiger partial charge in [-0.3, -0.25) is 5.32 Å². The summed E-state index contributed by atoms with van der Waals surface area (Å²) < 4.78 is 10.2. The minimum Gasteiger partial charge on any atom is -0.450 e. The molecular formula is C22H35N3O4+2. The highest BCUT2D eigenvalue weighted by Gasteiger charge is 2.13. The van der Waals surface area contributed by atoms with Gasteiger partial charge in [0, 0.05) is 41.6 Å². The van der Waals surface area contributed by atoms with E-state index in [0.29, 0.717) is 30.5 Å². The highest BCUT2D eigenvalue weighted by molar-refractivity contribution is 5.89. The van der Waals surface area contributed by atoms with Crippen LogP contribution in [0.2, 0.25) is 0 Å². The summed E-state index contributed by atoms with van der Waals surface area (Å²) in [6.45, 7) is 13.0. The molecule has 0 aliphatic carbocycles. The van der Waals surface area contributed by atoms with Crippen LogP contribution in [0.3, 0.4) is 0 Å². The number of carbonyl (C=O) groups excluding carboxylic acids is 1. The summed E-state index contributed by atoms with van der Waals surface area (Å²) >= 11 is 0. The molecule has 4 N–H and O–H groups in total. The fraction of sp³-hybridized carbons (Fsp3) is 0.545. The number of anilines is 1. The lowest BCUT2D eigenvalue weighted by Crippen LogP contribution is -3.11. The lowest BCUT2D eigenvalue weighted by atomic mass is 10.1. The van der Waals surface area contributed by atoms with E-state index in [-0.39, 0.29) is 5.63 Å². The molecule has 1 aromatic heterocycles. The molecule has 0 spiro atoms. The number of quaternary nitrogens is 2. The zero-order chi connectivity index (χ0) is 21.2. The van der Waals surface area contributed by atoms with E-state index in [1.54, 1.807) is 30.0 Å². The molecule has 0 unspecified atom stereocenters. The minimum atomic E-state index is -0.529. The third-order valence-electron chi connectivity index (χ3n) is 5.28. The average molecular weight is 406 g/mol. The normalized spacial score (nSPS) is 12.3. The summed E-state index contributed by atoms with van der Waals surface area (Å²) in [5.41, 5.74) is 1.56. The molecule has 160 valence electrons. The van der Waals surface area contributed by atoms with Crippen LogP contribution in [0.5, 0.6) is 0 Å². The maximum Gasteiger partial charge on any atom is 0.411 e. The van der Waals surface area contributed by atoms with Gasteiger partial charge in [-0.15, -0.1) is 0 Å². The van der Waals surface area contributed by atoms with E-state index in [2.05, 4.69) is 31.4 Å². The van der Waals surface area contributed by atoms with E-state index in [4.69, 9.17) is 9.15 Å². The van der Waals surface area contributed by atoms with Crippen LogP contribution in [-0.4, -0.2) is 38.4 Å². The van der Waals surface area contributed by atoms with Gasteiger partial charge in [0.2, 0.25) is 0 Å². The number of benzene rings is 1. The summed E-state index contributed by atoms with van der Waals surface area (Å²) in [6, 6.07) is 7.37. The second-order valence-electron chi connectivity index (χ2n) is 7.41. The molecule has 7 heteroatoms. The van der Waals surface area contributed by atoms with Gasteiger partial charge in [-0.1, -0.05) is 0 Å². The Morgan fingerprint density at radius 2 is 2.00 bits per heavy atom. The van der Waals surface area contributed by atoms with Crippen molar-refractivity contribution in [2.45, 2.75) is 53.1 Å². The number of amides is 1. The van der Waals surface area contributed by atoms with E-state index in [1.807, 2.05) is 6.07 Å². The quantitative estimate of drug-likeness (QED) is 0.495. The number of hydrogen-bond donors (Lipinski definition) is 3. The molecular weight excluding hydrogens is 370 g/mol. The number of rotatable bonds is 11. The zero-order valence-electron chi connectivity index (χ0n) is 18.0. The number of carbonyl (C=O) groups is 1. The fourth-order valence-corrected chi connectivity index (χ4v) is 3.49. The molecule has 0 aliphatic heterocycles. The highest BCUT2D eigenvalue weighted by Crippen LogP contribution is 2.21. The fourth-order valence-electron chi connectivity index (χ4n) is 3.49. The van der Waals surface area contributed by atoms with Crippen molar-refractivity contribution in [1.82, 2.24) is 0 Å². The molecule has 0 saturated carbocycles. The number of nitrogens with one attached hydrogen (secondary N) is 2. The molecule has 0 radical (unpaired) electrons. The SMILES string of the molecule is CCOC(=O)Nc1ccc2c(C[NH2+][C@@H](C)CCC[NH+](CC)CC)cc(=O)oc2c1. The van der Waals surface area contributed by atoms with Gasteiger partial charge < -0.3 is 19.4 Å². The Labute approximate surface area is 172 Å². The van der Waals surface area contributed by atoms with Gasteiger partial charge in [0.15, 0.2) is 0 Å². The first-order valence-electron chi connectivity index (χ1n) is 10.6. The van der Waals surface area contributed by atoms with Crippen molar-refractivity contribution < 1.29 is 24.2 Å².